The van der Waals surface area contributed by atoms with Crippen molar-refractivity contribution in [1.82, 2.24) is 0 Å². The zero-order valence-corrected chi connectivity index (χ0v) is 8.46. The van der Waals surface area contributed by atoms with Crippen molar-refractivity contribution >= 4 is 0 Å². The molecular formula is C11H20O2. The van der Waals surface area contributed by atoms with Gasteiger partial charge in [0.05, 0.1) is 6.10 Å². The van der Waals surface area contributed by atoms with E-state index in [1.165, 1.54) is 0 Å². The minimum Gasteiger partial charge on any atom is -0.393 e. The molecule has 13 heavy (non-hydrogen) atoms. The van der Waals surface area contributed by atoms with Crippen molar-refractivity contribution < 1.29 is 9.84 Å². The third-order valence-corrected chi connectivity index (χ3v) is 1.80. The predicted molar refractivity (Wildman–Crippen MR) is 54.4 cm³/mol. The quantitative estimate of drug-likeness (QED) is 0.461. The number of terminal acetylenes is 1. The molecule has 1 atom stereocenters. The van der Waals surface area contributed by atoms with Gasteiger partial charge in [0.25, 0.3) is 0 Å². The number of hydrogen-bond donors (Lipinski definition) is 1. The maximum absolute atomic E-state index is 9.43. The van der Waals surface area contributed by atoms with E-state index in [4.69, 9.17) is 11.2 Å². The standard InChI is InChI=1S/C11H20O2/c1-3-5-6-7-11(12)8-10-13-9-4-2/h1,11-12H,4-10H2,2H3. The molecule has 1 unspecified atom stereocenters. The fourth-order valence-electron chi connectivity index (χ4n) is 1.05. The van der Waals surface area contributed by atoms with E-state index in [1.54, 1.807) is 0 Å². The molecule has 2 nitrogen and oxygen atoms in total. The molecule has 0 aromatic rings. The monoisotopic (exact) mass is 184 g/mol. The average Bonchev–Trinajstić information content (AvgIpc) is 2.13. The first kappa shape index (κ1) is 12.5. The van der Waals surface area contributed by atoms with E-state index >= 15 is 0 Å². The van der Waals surface area contributed by atoms with Gasteiger partial charge in [-0.25, -0.2) is 0 Å². The van der Waals surface area contributed by atoms with Crippen molar-refractivity contribution in [3.63, 3.8) is 0 Å². The molecule has 0 aromatic heterocycles. The molecule has 0 saturated heterocycles. The summed E-state index contributed by atoms with van der Waals surface area (Å²) in [5.74, 6) is 2.56. The normalized spacial score (nSPS) is 12.4. The molecular weight excluding hydrogens is 164 g/mol. The molecule has 0 aliphatic carbocycles. The van der Waals surface area contributed by atoms with Gasteiger partial charge < -0.3 is 9.84 Å². The van der Waals surface area contributed by atoms with E-state index in [9.17, 15) is 5.11 Å². The van der Waals surface area contributed by atoms with Crippen molar-refractivity contribution in [1.29, 1.82) is 0 Å². The fourth-order valence-corrected chi connectivity index (χ4v) is 1.05. The predicted octanol–water partition coefficient (Wildman–Crippen LogP) is 1.97. The summed E-state index contributed by atoms with van der Waals surface area (Å²) in [6, 6.07) is 0. The number of ether oxygens (including phenoxy) is 1. The van der Waals surface area contributed by atoms with Gasteiger partial charge in [0.1, 0.15) is 0 Å². The van der Waals surface area contributed by atoms with Gasteiger partial charge in [-0.05, 0) is 25.7 Å². The number of unbranched alkanes of at least 4 members (excludes halogenated alkanes) is 1. The molecule has 0 amide bonds. The minimum absolute atomic E-state index is 0.245. The maximum atomic E-state index is 9.43. The summed E-state index contributed by atoms with van der Waals surface area (Å²) in [4.78, 5) is 0. The van der Waals surface area contributed by atoms with E-state index in [2.05, 4.69) is 12.8 Å². The van der Waals surface area contributed by atoms with Gasteiger partial charge >= 0.3 is 0 Å². The van der Waals surface area contributed by atoms with Crippen molar-refractivity contribution in [3.05, 3.63) is 0 Å². The second kappa shape index (κ2) is 9.57. The topological polar surface area (TPSA) is 29.5 Å². The molecule has 2 heteroatoms. The van der Waals surface area contributed by atoms with Gasteiger partial charge in [0, 0.05) is 19.6 Å². The van der Waals surface area contributed by atoms with Crippen LogP contribution in [0.15, 0.2) is 0 Å². The summed E-state index contributed by atoms with van der Waals surface area (Å²) in [5, 5.41) is 9.43. The highest BCUT2D eigenvalue weighted by Gasteiger charge is 2.02. The third kappa shape index (κ3) is 9.39. The molecule has 0 aliphatic heterocycles. The molecule has 0 fully saturated rings. The Kier molecular flexibility index (Phi) is 9.18. The van der Waals surface area contributed by atoms with Gasteiger partial charge in [0.15, 0.2) is 0 Å². The Hall–Kier alpha value is -0.520. The van der Waals surface area contributed by atoms with Crippen LogP contribution in [0, 0.1) is 12.3 Å². The highest BCUT2D eigenvalue weighted by atomic mass is 16.5. The number of rotatable bonds is 8. The smallest absolute Gasteiger partial charge is 0.0562 e. The SMILES string of the molecule is C#CCCCC(O)CCOCCC. The Balaban J connectivity index is 3.11. The molecule has 1 N–H and O–H groups in total. The molecule has 0 aliphatic rings. The van der Waals surface area contributed by atoms with Crippen LogP contribution >= 0.6 is 0 Å². The van der Waals surface area contributed by atoms with E-state index in [0.717, 1.165) is 38.7 Å². The molecule has 0 spiro atoms. The molecule has 0 radical (unpaired) electrons. The van der Waals surface area contributed by atoms with Crippen molar-refractivity contribution in [3.8, 4) is 12.3 Å². The van der Waals surface area contributed by atoms with Crippen LogP contribution in [0.5, 0.6) is 0 Å². The molecule has 0 aromatic carbocycles. The van der Waals surface area contributed by atoms with Crippen molar-refractivity contribution in [2.75, 3.05) is 13.2 Å². The van der Waals surface area contributed by atoms with Crippen LogP contribution in [0.25, 0.3) is 0 Å². The summed E-state index contributed by atoms with van der Waals surface area (Å²) >= 11 is 0. The van der Waals surface area contributed by atoms with Crippen LogP contribution in [0.4, 0.5) is 0 Å². The first-order valence-electron chi connectivity index (χ1n) is 5.00. The second-order valence-corrected chi connectivity index (χ2v) is 3.15. The summed E-state index contributed by atoms with van der Waals surface area (Å²) in [6.07, 6.45) is 9.07. The minimum atomic E-state index is -0.245. The van der Waals surface area contributed by atoms with E-state index < -0.39 is 0 Å². The van der Waals surface area contributed by atoms with Crippen LogP contribution in [-0.2, 0) is 4.74 Å². The zero-order chi connectivity index (χ0) is 9.94. The van der Waals surface area contributed by atoms with Crippen LogP contribution < -0.4 is 0 Å². The van der Waals surface area contributed by atoms with Gasteiger partial charge in [0.2, 0.25) is 0 Å². The largest absolute Gasteiger partial charge is 0.393 e. The first-order chi connectivity index (χ1) is 6.31. The molecule has 0 saturated carbocycles. The summed E-state index contributed by atoms with van der Waals surface area (Å²) in [7, 11) is 0. The average molecular weight is 184 g/mol. The van der Waals surface area contributed by atoms with E-state index in [0.29, 0.717) is 6.61 Å². The first-order valence-corrected chi connectivity index (χ1v) is 5.00. The Labute approximate surface area is 81.3 Å². The lowest BCUT2D eigenvalue weighted by Crippen LogP contribution is -2.10. The Morgan fingerprint density at radius 1 is 1.38 bits per heavy atom. The zero-order valence-electron chi connectivity index (χ0n) is 8.46. The maximum Gasteiger partial charge on any atom is 0.0562 e. The van der Waals surface area contributed by atoms with Crippen molar-refractivity contribution in [2.45, 2.75) is 45.1 Å². The van der Waals surface area contributed by atoms with E-state index in [-0.39, 0.29) is 6.10 Å². The Morgan fingerprint density at radius 2 is 2.15 bits per heavy atom. The molecule has 0 heterocycles. The second-order valence-electron chi connectivity index (χ2n) is 3.15. The van der Waals surface area contributed by atoms with Crippen LogP contribution in [0.2, 0.25) is 0 Å². The lowest BCUT2D eigenvalue weighted by molar-refractivity contribution is 0.0777. The Morgan fingerprint density at radius 3 is 2.77 bits per heavy atom. The van der Waals surface area contributed by atoms with Crippen LogP contribution in [-0.4, -0.2) is 24.4 Å². The lowest BCUT2D eigenvalue weighted by Gasteiger charge is -2.09. The summed E-state index contributed by atoms with van der Waals surface area (Å²) in [6.45, 7) is 3.52. The van der Waals surface area contributed by atoms with Gasteiger partial charge in [-0.2, -0.15) is 0 Å². The van der Waals surface area contributed by atoms with Crippen molar-refractivity contribution in [2.24, 2.45) is 0 Å². The lowest BCUT2D eigenvalue weighted by atomic mass is 10.1. The fraction of sp³-hybridized carbons (Fsp3) is 0.818. The highest BCUT2D eigenvalue weighted by Crippen LogP contribution is 2.04. The van der Waals surface area contributed by atoms with Crippen LogP contribution in [0.3, 0.4) is 0 Å². The molecule has 0 bridgehead atoms. The summed E-state index contributed by atoms with van der Waals surface area (Å²) in [5.41, 5.74) is 0. The molecule has 76 valence electrons. The van der Waals surface area contributed by atoms with Gasteiger partial charge in [-0.15, -0.1) is 12.3 Å². The Bertz CT molecular complexity index is 138. The number of aliphatic hydroxyl groups excluding tert-OH is 1. The summed E-state index contributed by atoms with van der Waals surface area (Å²) < 4.78 is 5.26. The molecule has 0 rings (SSSR count). The number of hydrogen-bond acceptors (Lipinski definition) is 2. The van der Waals surface area contributed by atoms with Gasteiger partial charge in [-0.3, -0.25) is 0 Å². The number of aliphatic hydroxyl groups is 1. The highest BCUT2D eigenvalue weighted by molar-refractivity contribution is 4.83. The van der Waals surface area contributed by atoms with Gasteiger partial charge in [-0.1, -0.05) is 6.92 Å². The van der Waals surface area contributed by atoms with Crippen LogP contribution in [0.1, 0.15) is 39.0 Å². The van der Waals surface area contributed by atoms with E-state index in [1.807, 2.05) is 0 Å². The third-order valence-electron chi connectivity index (χ3n) is 1.80.